The Kier molecular flexibility index (Phi) is 7.77. The van der Waals surface area contributed by atoms with Crippen molar-refractivity contribution in [2.45, 2.75) is 69.7 Å². The Hall–Kier alpha value is -2.19. The molecule has 0 saturated carbocycles. The van der Waals surface area contributed by atoms with Crippen molar-refractivity contribution in [3.8, 4) is 0 Å². The molecule has 3 rings (SSSR count). The third-order valence-corrected chi connectivity index (χ3v) is 6.94. The Morgan fingerprint density at radius 2 is 2.06 bits per heavy atom. The quantitative estimate of drug-likeness (QED) is 0.277. The zero-order chi connectivity index (χ0) is 23.5. The average molecular weight is 449 g/mol. The molecule has 3 fully saturated rings. The molecule has 1 spiro atoms. The summed E-state index contributed by atoms with van der Waals surface area (Å²) >= 11 is 0. The van der Waals surface area contributed by atoms with Gasteiger partial charge in [-0.05, 0) is 46.0 Å². The summed E-state index contributed by atoms with van der Waals surface area (Å²) in [4.78, 5) is 43.7. The van der Waals surface area contributed by atoms with Crippen LogP contribution >= 0.6 is 0 Å². The van der Waals surface area contributed by atoms with E-state index in [0.717, 1.165) is 6.42 Å². The standard InChI is InChI=1S/C24H36N2O6/c1-5-12-25(16(3)4)22(29)20-24-11-10-17(32-24)18(23(30)31-15-6-2)19(24)21(28)26(20)13-8-7-9-14-27/h5-6,16-20,27H,1-2,7-15H2,3-4H3/t17-,18+,19+,20?,24?/m1/s1. The maximum atomic E-state index is 13.8. The number of aliphatic hydroxyl groups excluding tert-OH is 1. The van der Waals surface area contributed by atoms with E-state index in [4.69, 9.17) is 14.6 Å². The van der Waals surface area contributed by atoms with Gasteiger partial charge in [-0.25, -0.2) is 0 Å². The maximum Gasteiger partial charge on any atom is 0.312 e. The van der Waals surface area contributed by atoms with Crippen molar-refractivity contribution in [3.63, 3.8) is 0 Å². The molecule has 0 aromatic carbocycles. The van der Waals surface area contributed by atoms with Gasteiger partial charge in [0.25, 0.3) is 0 Å². The van der Waals surface area contributed by atoms with Crippen molar-refractivity contribution in [2.75, 3.05) is 26.3 Å². The van der Waals surface area contributed by atoms with E-state index in [1.807, 2.05) is 13.8 Å². The molecule has 3 heterocycles. The highest BCUT2D eigenvalue weighted by molar-refractivity contribution is 5.98. The fraction of sp³-hybridized carbons (Fsp3) is 0.708. The Balaban J connectivity index is 1.95. The second kappa shape index (κ2) is 10.2. The highest BCUT2D eigenvalue weighted by Crippen LogP contribution is 2.58. The van der Waals surface area contributed by atoms with Crippen LogP contribution in [-0.2, 0) is 23.9 Å². The number of unbranched alkanes of at least 4 members (excludes halogenated alkanes) is 2. The minimum atomic E-state index is -1.01. The van der Waals surface area contributed by atoms with E-state index in [2.05, 4.69) is 13.2 Å². The number of carbonyl (C=O) groups is 3. The molecular formula is C24H36N2O6. The van der Waals surface area contributed by atoms with Crippen LogP contribution in [0.1, 0.15) is 46.0 Å². The summed E-state index contributed by atoms with van der Waals surface area (Å²) in [7, 11) is 0. The molecule has 0 radical (unpaired) electrons. The van der Waals surface area contributed by atoms with Gasteiger partial charge in [-0.15, -0.1) is 6.58 Å². The zero-order valence-electron chi connectivity index (χ0n) is 19.2. The second-order valence-corrected chi connectivity index (χ2v) is 9.16. The molecule has 3 aliphatic heterocycles. The van der Waals surface area contributed by atoms with Gasteiger partial charge in [0.15, 0.2) is 0 Å². The third-order valence-electron chi connectivity index (χ3n) is 6.94. The van der Waals surface area contributed by atoms with Crippen molar-refractivity contribution in [1.82, 2.24) is 9.80 Å². The highest BCUT2D eigenvalue weighted by Gasteiger charge is 2.75. The molecule has 2 amide bonds. The first-order chi connectivity index (χ1) is 15.3. The zero-order valence-corrected chi connectivity index (χ0v) is 19.2. The fourth-order valence-electron chi connectivity index (χ4n) is 5.60. The predicted octanol–water partition coefficient (Wildman–Crippen LogP) is 1.68. The highest BCUT2D eigenvalue weighted by atomic mass is 16.6. The molecule has 1 N–H and O–H groups in total. The number of esters is 1. The van der Waals surface area contributed by atoms with Gasteiger partial charge in [0.2, 0.25) is 11.8 Å². The number of hydrogen-bond donors (Lipinski definition) is 1. The normalized spacial score (nSPS) is 30.5. The van der Waals surface area contributed by atoms with Crippen LogP contribution in [0, 0.1) is 11.8 Å². The molecule has 2 unspecified atom stereocenters. The largest absolute Gasteiger partial charge is 0.461 e. The number of ether oxygens (including phenoxy) is 2. The molecule has 5 atom stereocenters. The molecule has 32 heavy (non-hydrogen) atoms. The minimum Gasteiger partial charge on any atom is -0.461 e. The van der Waals surface area contributed by atoms with Crippen molar-refractivity contribution in [1.29, 1.82) is 0 Å². The Morgan fingerprint density at radius 3 is 2.69 bits per heavy atom. The summed E-state index contributed by atoms with van der Waals surface area (Å²) in [6, 6.07) is -0.854. The maximum absolute atomic E-state index is 13.8. The second-order valence-electron chi connectivity index (χ2n) is 9.16. The van der Waals surface area contributed by atoms with Crippen LogP contribution in [0.3, 0.4) is 0 Å². The monoisotopic (exact) mass is 448 g/mol. The first-order valence-electron chi connectivity index (χ1n) is 11.6. The summed E-state index contributed by atoms with van der Waals surface area (Å²) in [5, 5.41) is 9.10. The summed E-state index contributed by atoms with van der Waals surface area (Å²) < 4.78 is 11.7. The third kappa shape index (κ3) is 4.10. The fourth-order valence-corrected chi connectivity index (χ4v) is 5.60. The van der Waals surface area contributed by atoms with Crippen LogP contribution in [-0.4, -0.2) is 82.8 Å². The molecule has 0 aliphatic carbocycles. The lowest BCUT2D eigenvalue weighted by Gasteiger charge is -2.38. The van der Waals surface area contributed by atoms with Crippen molar-refractivity contribution >= 4 is 17.8 Å². The van der Waals surface area contributed by atoms with E-state index >= 15 is 0 Å². The van der Waals surface area contributed by atoms with E-state index < -0.39 is 35.6 Å². The van der Waals surface area contributed by atoms with Crippen LogP contribution in [0.2, 0.25) is 0 Å². The Labute approximate surface area is 190 Å². The number of aliphatic hydroxyl groups is 1. The van der Waals surface area contributed by atoms with Crippen LogP contribution in [0.5, 0.6) is 0 Å². The van der Waals surface area contributed by atoms with Crippen LogP contribution < -0.4 is 0 Å². The van der Waals surface area contributed by atoms with Gasteiger partial charge < -0.3 is 24.4 Å². The average Bonchev–Trinajstić information content (AvgIpc) is 3.40. The smallest absolute Gasteiger partial charge is 0.312 e. The van der Waals surface area contributed by atoms with Gasteiger partial charge >= 0.3 is 5.97 Å². The number of likely N-dealkylation sites (tertiary alicyclic amines) is 1. The van der Waals surface area contributed by atoms with Crippen LogP contribution in [0.15, 0.2) is 25.3 Å². The van der Waals surface area contributed by atoms with Gasteiger partial charge in [-0.1, -0.05) is 18.7 Å². The lowest BCUT2D eigenvalue weighted by atomic mass is 9.70. The number of amides is 2. The van der Waals surface area contributed by atoms with Gasteiger partial charge in [-0.2, -0.15) is 0 Å². The lowest BCUT2D eigenvalue weighted by molar-refractivity contribution is -0.154. The van der Waals surface area contributed by atoms with E-state index in [0.29, 0.717) is 38.8 Å². The van der Waals surface area contributed by atoms with E-state index in [9.17, 15) is 14.4 Å². The van der Waals surface area contributed by atoms with E-state index in [1.54, 1.807) is 15.9 Å². The topological polar surface area (TPSA) is 96.4 Å². The summed E-state index contributed by atoms with van der Waals surface area (Å²) in [5.41, 5.74) is -1.01. The number of fused-ring (bicyclic) bond motifs is 1. The number of nitrogens with zero attached hydrogens (tertiary/aromatic N) is 2. The summed E-state index contributed by atoms with van der Waals surface area (Å²) in [5.74, 6) is -2.27. The number of rotatable bonds is 12. The number of carbonyl (C=O) groups excluding carboxylic acids is 3. The van der Waals surface area contributed by atoms with Gasteiger partial charge in [0.1, 0.15) is 18.2 Å². The van der Waals surface area contributed by atoms with E-state index in [-0.39, 0.29) is 31.1 Å². The van der Waals surface area contributed by atoms with Crippen LogP contribution in [0.4, 0.5) is 0 Å². The number of hydrogen-bond acceptors (Lipinski definition) is 6. The van der Waals surface area contributed by atoms with Crippen molar-refractivity contribution in [3.05, 3.63) is 25.3 Å². The summed E-state index contributed by atoms with van der Waals surface area (Å²) in [6.45, 7) is 12.1. The molecule has 3 saturated heterocycles. The molecule has 3 aliphatic rings. The Bertz CT molecular complexity index is 753. The van der Waals surface area contributed by atoms with Gasteiger partial charge in [0.05, 0.1) is 17.9 Å². The van der Waals surface area contributed by atoms with E-state index in [1.165, 1.54) is 6.08 Å². The molecule has 0 aromatic rings. The molecule has 2 bridgehead atoms. The minimum absolute atomic E-state index is 0.0731. The molecule has 178 valence electrons. The van der Waals surface area contributed by atoms with Gasteiger partial charge in [-0.3, -0.25) is 14.4 Å². The van der Waals surface area contributed by atoms with Crippen molar-refractivity contribution in [2.24, 2.45) is 11.8 Å². The first-order valence-corrected chi connectivity index (χ1v) is 11.6. The first kappa shape index (κ1) is 24.5. The van der Waals surface area contributed by atoms with Crippen molar-refractivity contribution < 1.29 is 29.0 Å². The molecular weight excluding hydrogens is 412 g/mol. The molecule has 8 nitrogen and oxygen atoms in total. The molecule has 0 aromatic heterocycles. The Morgan fingerprint density at radius 1 is 1.31 bits per heavy atom. The van der Waals surface area contributed by atoms with Crippen LogP contribution in [0.25, 0.3) is 0 Å². The lowest BCUT2D eigenvalue weighted by Crippen LogP contribution is -2.57. The van der Waals surface area contributed by atoms with Gasteiger partial charge in [0, 0.05) is 25.7 Å². The summed E-state index contributed by atoms with van der Waals surface area (Å²) in [6.07, 6.45) is 5.97. The predicted molar refractivity (Wildman–Crippen MR) is 118 cm³/mol. The SMILES string of the molecule is C=CCOC(=O)[C@@H]1[C@H]2C(=O)N(CCCCCO)C(C(=O)N(CC=C)C(C)C)C23CC[C@H]1O3. The molecule has 8 heteroatoms.